The molecule has 0 spiro atoms. The van der Waals surface area contributed by atoms with Gasteiger partial charge in [-0.15, -0.1) is 0 Å². The van der Waals surface area contributed by atoms with E-state index in [-0.39, 0.29) is 0 Å². The number of para-hydroxylation sites is 1. The SMILES string of the molecule is CC(Nc1ccccc1Br)(C(N)=O)c1cccnc1. The summed E-state index contributed by atoms with van der Waals surface area (Å²) in [6, 6.07) is 11.2. The topological polar surface area (TPSA) is 68.0 Å². The number of halogens is 1. The Balaban J connectivity index is 2.42. The maximum absolute atomic E-state index is 11.9. The standard InChI is InChI=1S/C14H14BrN3O/c1-14(13(16)19,10-5-4-8-17-9-10)18-12-7-3-2-6-11(12)15/h2-9,18H,1H3,(H2,16,19). The lowest BCUT2D eigenvalue weighted by Crippen LogP contribution is -2.45. The van der Waals surface area contributed by atoms with E-state index >= 15 is 0 Å². The minimum atomic E-state index is -1.02. The molecule has 0 fully saturated rings. The average molecular weight is 320 g/mol. The third-order valence-electron chi connectivity index (χ3n) is 2.99. The first kappa shape index (κ1) is 13.5. The Hall–Kier alpha value is -1.88. The van der Waals surface area contributed by atoms with Crippen molar-refractivity contribution in [1.29, 1.82) is 0 Å². The first-order chi connectivity index (χ1) is 9.04. The monoisotopic (exact) mass is 319 g/mol. The van der Waals surface area contributed by atoms with Crippen molar-refractivity contribution in [3.8, 4) is 0 Å². The second kappa shape index (κ2) is 5.40. The second-order valence-corrected chi connectivity index (χ2v) is 5.19. The number of nitrogens with two attached hydrogens (primary N) is 1. The Morgan fingerprint density at radius 3 is 2.63 bits per heavy atom. The van der Waals surface area contributed by atoms with E-state index in [1.54, 1.807) is 25.4 Å². The lowest BCUT2D eigenvalue weighted by atomic mass is 9.92. The van der Waals surface area contributed by atoms with Crippen molar-refractivity contribution in [2.45, 2.75) is 12.5 Å². The number of amides is 1. The van der Waals surface area contributed by atoms with Gasteiger partial charge >= 0.3 is 0 Å². The van der Waals surface area contributed by atoms with Crippen LogP contribution in [0.4, 0.5) is 5.69 Å². The molecule has 19 heavy (non-hydrogen) atoms. The van der Waals surface area contributed by atoms with E-state index in [9.17, 15) is 4.79 Å². The van der Waals surface area contributed by atoms with E-state index in [2.05, 4.69) is 26.2 Å². The van der Waals surface area contributed by atoms with Crippen LogP contribution >= 0.6 is 15.9 Å². The van der Waals surface area contributed by atoms with E-state index in [0.29, 0.717) is 0 Å². The molecule has 0 aliphatic carbocycles. The fourth-order valence-electron chi connectivity index (χ4n) is 1.77. The normalized spacial score (nSPS) is 13.6. The van der Waals surface area contributed by atoms with Crippen LogP contribution in [0.25, 0.3) is 0 Å². The van der Waals surface area contributed by atoms with Gasteiger partial charge in [-0.2, -0.15) is 0 Å². The van der Waals surface area contributed by atoms with Crippen LogP contribution in [0.3, 0.4) is 0 Å². The molecule has 1 aromatic carbocycles. The van der Waals surface area contributed by atoms with Crippen LogP contribution in [0.15, 0.2) is 53.3 Å². The number of anilines is 1. The van der Waals surface area contributed by atoms with Gasteiger partial charge in [-0.25, -0.2) is 0 Å². The molecule has 1 aromatic heterocycles. The highest BCUT2D eigenvalue weighted by Gasteiger charge is 2.33. The van der Waals surface area contributed by atoms with Gasteiger partial charge < -0.3 is 11.1 Å². The number of carbonyl (C=O) groups excluding carboxylic acids is 1. The van der Waals surface area contributed by atoms with Gasteiger partial charge in [0.05, 0.1) is 0 Å². The molecule has 4 nitrogen and oxygen atoms in total. The zero-order valence-electron chi connectivity index (χ0n) is 10.4. The molecular weight excluding hydrogens is 306 g/mol. The Morgan fingerprint density at radius 2 is 2.05 bits per heavy atom. The molecule has 0 aliphatic rings. The number of carbonyl (C=O) groups is 1. The molecule has 1 heterocycles. The summed E-state index contributed by atoms with van der Waals surface area (Å²) in [5, 5.41) is 3.18. The van der Waals surface area contributed by atoms with Gasteiger partial charge in [0, 0.05) is 28.1 Å². The molecule has 0 saturated carbocycles. The number of nitrogens with one attached hydrogen (secondary N) is 1. The summed E-state index contributed by atoms with van der Waals surface area (Å²) in [5.74, 6) is -0.462. The fourth-order valence-corrected chi connectivity index (χ4v) is 2.15. The molecule has 2 rings (SSSR count). The van der Waals surface area contributed by atoms with Crippen molar-refractivity contribution in [3.63, 3.8) is 0 Å². The average Bonchev–Trinajstić information content (AvgIpc) is 2.42. The Bertz CT molecular complexity index is 588. The summed E-state index contributed by atoms with van der Waals surface area (Å²) in [6.45, 7) is 1.74. The highest BCUT2D eigenvalue weighted by atomic mass is 79.9. The van der Waals surface area contributed by atoms with Crippen molar-refractivity contribution >= 4 is 27.5 Å². The maximum atomic E-state index is 11.9. The van der Waals surface area contributed by atoms with Gasteiger partial charge in [0.15, 0.2) is 0 Å². The highest BCUT2D eigenvalue weighted by molar-refractivity contribution is 9.10. The van der Waals surface area contributed by atoms with E-state index in [4.69, 9.17) is 5.73 Å². The van der Waals surface area contributed by atoms with Crippen LogP contribution in [-0.2, 0) is 10.3 Å². The molecule has 3 N–H and O–H groups in total. The number of hydrogen-bond donors (Lipinski definition) is 2. The van der Waals surface area contributed by atoms with Crippen LogP contribution < -0.4 is 11.1 Å². The van der Waals surface area contributed by atoms with Gasteiger partial charge in [0.1, 0.15) is 5.54 Å². The minimum Gasteiger partial charge on any atom is -0.367 e. The molecular formula is C14H14BrN3O. The van der Waals surface area contributed by atoms with Crippen molar-refractivity contribution in [2.75, 3.05) is 5.32 Å². The molecule has 1 unspecified atom stereocenters. The Morgan fingerprint density at radius 1 is 1.32 bits per heavy atom. The third-order valence-corrected chi connectivity index (χ3v) is 3.68. The molecule has 0 radical (unpaired) electrons. The van der Waals surface area contributed by atoms with Crippen molar-refractivity contribution < 1.29 is 4.79 Å². The number of hydrogen-bond acceptors (Lipinski definition) is 3. The van der Waals surface area contributed by atoms with Gasteiger partial charge in [-0.3, -0.25) is 9.78 Å². The molecule has 0 aliphatic heterocycles. The molecule has 98 valence electrons. The Labute approximate surface area is 120 Å². The second-order valence-electron chi connectivity index (χ2n) is 4.34. The van der Waals surface area contributed by atoms with Crippen LogP contribution in [0.2, 0.25) is 0 Å². The van der Waals surface area contributed by atoms with Gasteiger partial charge in [0.2, 0.25) is 5.91 Å². The number of nitrogens with zero attached hydrogens (tertiary/aromatic N) is 1. The summed E-state index contributed by atoms with van der Waals surface area (Å²) in [6.07, 6.45) is 3.29. The van der Waals surface area contributed by atoms with Gasteiger partial charge in [-0.1, -0.05) is 18.2 Å². The first-order valence-corrected chi connectivity index (χ1v) is 6.56. The quantitative estimate of drug-likeness (QED) is 0.910. The van der Waals surface area contributed by atoms with E-state index in [1.165, 1.54) is 0 Å². The summed E-state index contributed by atoms with van der Waals surface area (Å²) in [4.78, 5) is 15.9. The highest BCUT2D eigenvalue weighted by Crippen LogP contribution is 2.29. The number of aromatic nitrogens is 1. The van der Waals surface area contributed by atoms with Crippen LogP contribution in [0.5, 0.6) is 0 Å². The number of benzene rings is 1. The fraction of sp³-hybridized carbons (Fsp3) is 0.143. The van der Waals surface area contributed by atoms with Crippen LogP contribution in [0, 0.1) is 0 Å². The number of rotatable bonds is 4. The predicted octanol–water partition coefficient (Wildman–Crippen LogP) is 2.66. The lowest BCUT2D eigenvalue weighted by Gasteiger charge is -2.29. The molecule has 5 heteroatoms. The summed E-state index contributed by atoms with van der Waals surface area (Å²) in [7, 11) is 0. The van der Waals surface area contributed by atoms with Gasteiger partial charge in [-0.05, 0) is 41.1 Å². The molecule has 1 amide bonds. The Kier molecular flexibility index (Phi) is 3.85. The third kappa shape index (κ3) is 2.76. The zero-order chi connectivity index (χ0) is 13.9. The zero-order valence-corrected chi connectivity index (χ0v) is 12.0. The summed E-state index contributed by atoms with van der Waals surface area (Å²) >= 11 is 3.44. The predicted molar refractivity (Wildman–Crippen MR) is 78.5 cm³/mol. The molecule has 0 bridgehead atoms. The van der Waals surface area contributed by atoms with Gasteiger partial charge in [0.25, 0.3) is 0 Å². The lowest BCUT2D eigenvalue weighted by molar-refractivity contribution is -0.122. The van der Waals surface area contributed by atoms with Crippen molar-refractivity contribution in [2.24, 2.45) is 5.73 Å². The van der Waals surface area contributed by atoms with Crippen LogP contribution in [0.1, 0.15) is 12.5 Å². The van der Waals surface area contributed by atoms with Crippen LogP contribution in [-0.4, -0.2) is 10.9 Å². The van der Waals surface area contributed by atoms with Crippen molar-refractivity contribution in [3.05, 3.63) is 58.8 Å². The minimum absolute atomic E-state index is 0.462. The number of pyridine rings is 1. The largest absolute Gasteiger partial charge is 0.367 e. The summed E-state index contributed by atoms with van der Waals surface area (Å²) < 4.78 is 0.867. The smallest absolute Gasteiger partial charge is 0.247 e. The molecule has 1 atom stereocenters. The van der Waals surface area contributed by atoms with Crippen molar-refractivity contribution in [1.82, 2.24) is 4.98 Å². The van der Waals surface area contributed by atoms with E-state index in [0.717, 1.165) is 15.7 Å². The summed E-state index contributed by atoms with van der Waals surface area (Å²) in [5.41, 5.74) is 6.06. The maximum Gasteiger partial charge on any atom is 0.247 e. The van der Waals surface area contributed by atoms with E-state index in [1.807, 2.05) is 30.3 Å². The molecule has 2 aromatic rings. The molecule has 0 saturated heterocycles. The first-order valence-electron chi connectivity index (χ1n) is 5.77. The van der Waals surface area contributed by atoms with E-state index < -0.39 is 11.4 Å². The number of primary amides is 1.